The number of hydrogen-bond acceptors (Lipinski definition) is 3. The first-order valence-corrected chi connectivity index (χ1v) is 8.49. The molecule has 1 aromatic rings. The van der Waals surface area contributed by atoms with Crippen LogP contribution in [0.1, 0.15) is 32.3 Å². The van der Waals surface area contributed by atoms with Crippen LogP contribution in [0.5, 0.6) is 0 Å². The van der Waals surface area contributed by atoms with Gasteiger partial charge in [0.15, 0.2) is 0 Å². The highest BCUT2D eigenvalue weighted by atomic mass is 16.4. The molecule has 0 aromatic heterocycles. The van der Waals surface area contributed by atoms with Crippen LogP contribution in [-0.4, -0.2) is 41.0 Å². The van der Waals surface area contributed by atoms with Crippen LogP contribution in [-0.2, 0) is 16.1 Å². The zero-order valence-electron chi connectivity index (χ0n) is 14.6. The number of aliphatic carboxylic acids is 1. The molecule has 1 saturated heterocycles. The highest BCUT2D eigenvalue weighted by molar-refractivity contribution is 5.90. The van der Waals surface area contributed by atoms with Crippen LogP contribution in [0.25, 0.3) is 0 Å². The number of benzene rings is 1. The van der Waals surface area contributed by atoms with E-state index in [2.05, 4.69) is 10.6 Å². The van der Waals surface area contributed by atoms with Gasteiger partial charge in [0.05, 0.1) is 5.92 Å². The topological polar surface area (TPSA) is 98.7 Å². The summed E-state index contributed by atoms with van der Waals surface area (Å²) in [7, 11) is 0. The first-order chi connectivity index (χ1) is 11.8. The van der Waals surface area contributed by atoms with Crippen LogP contribution in [0.15, 0.2) is 24.3 Å². The lowest BCUT2D eigenvalue weighted by Crippen LogP contribution is -2.38. The van der Waals surface area contributed by atoms with Crippen molar-refractivity contribution in [3.05, 3.63) is 29.8 Å². The minimum Gasteiger partial charge on any atom is -0.481 e. The van der Waals surface area contributed by atoms with Crippen molar-refractivity contribution in [3.8, 4) is 0 Å². The molecule has 1 atom stereocenters. The SMILES string of the molecule is CC(C)CC(=O)Nc1cccc(CNC(=O)N2CCC(C(=O)O)C2)c1. The minimum atomic E-state index is -0.861. The maximum absolute atomic E-state index is 12.1. The molecule has 0 radical (unpaired) electrons. The van der Waals surface area contributed by atoms with Gasteiger partial charge in [-0.1, -0.05) is 26.0 Å². The maximum Gasteiger partial charge on any atom is 0.317 e. The fourth-order valence-electron chi connectivity index (χ4n) is 2.78. The Bertz CT molecular complexity index is 645. The van der Waals surface area contributed by atoms with E-state index in [1.807, 2.05) is 38.1 Å². The Morgan fingerprint density at radius 1 is 1.32 bits per heavy atom. The molecule has 7 heteroatoms. The van der Waals surface area contributed by atoms with Gasteiger partial charge in [0.25, 0.3) is 0 Å². The summed E-state index contributed by atoms with van der Waals surface area (Å²) in [6, 6.07) is 7.05. The van der Waals surface area contributed by atoms with Crippen molar-refractivity contribution >= 4 is 23.6 Å². The minimum absolute atomic E-state index is 0.0343. The highest BCUT2D eigenvalue weighted by Gasteiger charge is 2.30. The summed E-state index contributed by atoms with van der Waals surface area (Å²) in [5.74, 6) is -1.09. The number of anilines is 1. The van der Waals surface area contributed by atoms with E-state index in [1.54, 1.807) is 0 Å². The Morgan fingerprint density at radius 3 is 2.72 bits per heavy atom. The van der Waals surface area contributed by atoms with E-state index in [9.17, 15) is 14.4 Å². The molecule has 3 N–H and O–H groups in total. The van der Waals surface area contributed by atoms with Crippen molar-refractivity contribution < 1.29 is 19.5 Å². The standard InChI is InChI=1S/C18H25N3O4/c1-12(2)8-16(22)20-15-5-3-4-13(9-15)10-19-18(25)21-7-6-14(11-21)17(23)24/h3-5,9,12,14H,6-8,10-11H2,1-2H3,(H,19,25)(H,20,22)(H,23,24). The second kappa shape index (κ2) is 8.50. The number of nitrogens with zero attached hydrogens (tertiary/aromatic N) is 1. The number of carboxylic acids is 1. The van der Waals surface area contributed by atoms with Gasteiger partial charge < -0.3 is 20.6 Å². The second-order valence-corrected chi connectivity index (χ2v) is 6.78. The molecule has 1 aliphatic rings. The van der Waals surface area contributed by atoms with Crippen LogP contribution in [0.2, 0.25) is 0 Å². The third kappa shape index (κ3) is 5.77. The van der Waals surface area contributed by atoms with E-state index >= 15 is 0 Å². The molecule has 1 fully saturated rings. The molecular weight excluding hydrogens is 322 g/mol. The van der Waals surface area contributed by atoms with Crippen LogP contribution in [0, 0.1) is 11.8 Å². The van der Waals surface area contributed by atoms with Crippen molar-refractivity contribution in [2.45, 2.75) is 33.2 Å². The van der Waals surface area contributed by atoms with Crippen LogP contribution < -0.4 is 10.6 Å². The summed E-state index contributed by atoms with van der Waals surface area (Å²) < 4.78 is 0. The van der Waals surface area contributed by atoms with Gasteiger partial charge in [-0.3, -0.25) is 9.59 Å². The highest BCUT2D eigenvalue weighted by Crippen LogP contribution is 2.17. The van der Waals surface area contributed by atoms with Gasteiger partial charge in [0.2, 0.25) is 5.91 Å². The molecule has 1 heterocycles. The molecule has 136 valence electrons. The number of hydrogen-bond donors (Lipinski definition) is 3. The lowest BCUT2D eigenvalue weighted by molar-refractivity contribution is -0.141. The van der Waals surface area contributed by atoms with E-state index in [4.69, 9.17) is 5.11 Å². The van der Waals surface area contributed by atoms with Crippen LogP contribution in [0.4, 0.5) is 10.5 Å². The predicted octanol–water partition coefficient (Wildman–Crippen LogP) is 2.29. The smallest absolute Gasteiger partial charge is 0.317 e. The number of urea groups is 1. The molecule has 0 saturated carbocycles. The molecule has 7 nitrogen and oxygen atoms in total. The molecule has 0 spiro atoms. The van der Waals surface area contributed by atoms with Gasteiger partial charge in [0.1, 0.15) is 0 Å². The number of likely N-dealkylation sites (tertiary alicyclic amines) is 1. The van der Waals surface area contributed by atoms with E-state index in [0.717, 1.165) is 5.56 Å². The van der Waals surface area contributed by atoms with Crippen molar-refractivity contribution in [2.24, 2.45) is 11.8 Å². The summed E-state index contributed by atoms with van der Waals surface area (Å²) >= 11 is 0. The first kappa shape index (κ1) is 18.8. The van der Waals surface area contributed by atoms with E-state index in [0.29, 0.717) is 31.6 Å². The molecule has 0 bridgehead atoms. The molecule has 1 aliphatic heterocycles. The third-order valence-corrected chi connectivity index (χ3v) is 4.07. The summed E-state index contributed by atoms with van der Waals surface area (Å²) in [5, 5.41) is 14.6. The molecule has 25 heavy (non-hydrogen) atoms. The van der Waals surface area contributed by atoms with Crippen LogP contribution in [0.3, 0.4) is 0 Å². The predicted molar refractivity (Wildman–Crippen MR) is 94.1 cm³/mol. The van der Waals surface area contributed by atoms with Gasteiger partial charge in [-0.25, -0.2) is 4.79 Å². The van der Waals surface area contributed by atoms with E-state index in [-0.39, 0.29) is 24.4 Å². The molecular formula is C18H25N3O4. The van der Waals surface area contributed by atoms with Gasteiger partial charge in [-0.2, -0.15) is 0 Å². The van der Waals surface area contributed by atoms with Gasteiger partial charge in [-0.05, 0) is 30.0 Å². The average molecular weight is 347 g/mol. The largest absolute Gasteiger partial charge is 0.481 e. The molecule has 1 aromatic carbocycles. The fourth-order valence-corrected chi connectivity index (χ4v) is 2.78. The number of nitrogens with one attached hydrogen (secondary N) is 2. The van der Waals surface area contributed by atoms with E-state index in [1.165, 1.54) is 4.90 Å². The Labute approximate surface area is 147 Å². The maximum atomic E-state index is 12.1. The number of carboxylic acid groups (broad SMARTS) is 1. The van der Waals surface area contributed by atoms with Crippen molar-refractivity contribution in [1.29, 1.82) is 0 Å². The Kier molecular flexibility index (Phi) is 6.38. The first-order valence-electron chi connectivity index (χ1n) is 8.49. The van der Waals surface area contributed by atoms with Gasteiger partial charge >= 0.3 is 12.0 Å². The normalized spacial score (nSPS) is 16.8. The molecule has 3 amide bonds. The van der Waals surface area contributed by atoms with Crippen molar-refractivity contribution in [3.63, 3.8) is 0 Å². The summed E-state index contributed by atoms with van der Waals surface area (Å²) in [6.45, 7) is 4.99. The Hall–Kier alpha value is -2.57. The number of rotatable bonds is 6. The third-order valence-electron chi connectivity index (χ3n) is 4.07. The Morgan fingerprint density at radius 2 is 2.08 bits per heavy atom. The van der Waals surface area contributed by atoms with Crippen molar-refractivity contribution in [1.82, 2.24) is 10.2 Å². The quantitative estimate of drug-likeness (QED) is 0.735. The zero-order valence-corrected chi connectivity index (χ0v) is 14.6. The second-order valence-electron chi connectivity index (χ2n) is 6.78. The Balaban J connectivity index is 1.84. The fraction of sp³-hybridized carbons (Fsp3) is 0.500. The molecule has 2 rings (SSSR count). The average Bonchev–Trinajstić information content (AvgIpc) is 3.02. The lowest BCUT2D eigenvalue weighted by atomic mass is 10.1. The molecule has 0 aliphatic carbocycles. The van der Waals surface area contributed by atoms with Crippen LogP contribution >= 0.6 is 0 Å². The monoisotopic (exact) mass is 347 g/mol. The van der Waals surface area contributed by atoms with Crippen molar-refractivity contribution in [2.75, 3.05) is 18.4 Å². The lowest BCUT2D eigenvalue weighted by Gasteiger charge is -2.17. The zero-order chi connectivity index (χ0) is 18.4. The number of carbonyl (C=O) groups excluding carboxylic acids is 2. The number of amides is 3. The van der Waals surface area contributed by atoms with E-state index < -0.39 is 11.9 Å². The van der Waals surface area contributed by atoms with Gasteiger partial charge in [-0.15, -0.1) is 0 Å². The van der Waals surface area contributed by atoms with Gasteiger partial charge in [0, 0.05) is 31.7 Å². The summed E-state index contributed by atoms with van der Waals surface area (Å²) in [4.78, 5) is 36.4. The number of carbonyl (C=O) groups is 3. The summed E-state index contributed by atoms with van der Waals surface area (Å²) in [6.07, 6.45) is 0.945. The summed E-state index contributed by atoms with van der Waals surface area (Å²) in [5.41, 5.74) is 1.56. The molecule has 1 unspecified atom stereocenters.